The van der Waals surface area contributed by atoms with Crippen molar-refractivity contribution >= 4 is 5.69 Å². The van der Waals surface area contributed by atoms with Gasteiger partial charge in [-0.1, -0.05) is 26.8 Å². The number of rotatable bonds is 6. The number of nitrogens with zero attached hydrogens (tertiary/aromatic N) is 1. The molecule has 0 aromatic heterocycles. The maximum absolute atomic E-state index is 14.1. The van der Waals surface area contributed by atoms with Gasteiger partial charge in [0.25, 0.3) is 0 Å². The van der Waals surface area contributed by atoms with Crippen LogP contribution in [0.5, 0.6) is 0 Å². The van der Waals surface area contributed by atoms with Crippen molar-refractivity contribution in [1.82, 2.24) is 5.32 Å². The zero-order valence-electron chi connectivity index (χ0n) is 13.0. The van der Waals surface area contributed by atoms with Crippen LogP contribution in [0.15, 0.2) is 18.2 Å². The van der Waals surface area contributed by atoms with Crippen molar-refractivity contribution in [2.75, 3.05) is 24.5 Å². The lowest BCUT2D eigenvalue weighted by Crippen LogP contribution is -2.27. The molecule has 0 aliphatic carbocycles. The molecule has 1 fully saturated rings. The topological polar surface area (TPSA) is 15.3 Å². The summed E-state index contributed by atoms with van der Waals surface area (Å²) in [6.07, 6.45) is 3.63. The van der Waals surface area contributed by atoms with Gasteiger partial charge in [0.2, 0.25) is 0 Å². The second-order valence-corrected chi connectivity index (χ2v) is 5.90. The first-order chi connectivity index (χ1) is 9.65. The summed E-state index contributed by atoms with van der Waals surface area (Å²) in [5.41, 5.74) is 2.31. The smallest absolute Gasteiger partial charge is 0.129 e. The highest BCUT2D eigenvalue weighted by Crippen LogP contribution is 2.40. The molecule has 0 unspecified atom stereocenters. The highest BCUT2D eigenvalue weighted by atomic mass is 19.1. The van der Waals surface area contributed by atoms with Crippen LogP contribution in [0.1, 0.15) is 45.6 Å². The summed E-state index contributed by atoms with van der Waals surface area (Å²) in [6.45, 7) is 10.2. The fourth-order valence-corrected chi connectivity index (χ4v) is 3.24. The molecule has 0 amide bonds. The van der Waals surface area contributed by atoms with E-state index in [2.05, 4.69) is 37.1 Å². The Bertz CT molecular complexity index is 441. The van der Waals surface area contributed by atoms with Crippen molar-refractivity contribution in [2.24, 2.45) is 5.41 Å². The number of hydrogen-bond donors (Lipinski definition) is 1. The minimum Gasteiger partial charge on any atom is -0.371 e. The van der Waals surface area contributed by atoms with Crippen LogP contribution in [-0.4, -0.2) is 19.6 Å². The molecule has 3 heteroatoms. The first kappa shape index (κ1) is 15.3. The predicted molar refractivity (Wildman–Crippen MR) is 83.6 cm³/mol. The summed E-state index contributed by atoms with van der Waals surface area (Å²) in [5.74, 6) is -0.0889. The summed E-state index contributed by atoms with van der Waals surface area (Å²) < 4.78 is 14.1. The average Bonchev–Trinajstić information content (AvgIpc) is 2.91. The molecule has 0 radical (unpaired) electrons. The normalized spacial score (nSPS) is 17.7. The van der Waals surface area contributed by atoms with Gasteiger partial charge in [-0.05, 0) is 43.4 Å². The van der Waals surface area contributed by atoms with E-state index in [0.29, 0.717) is 12.0 Å². The van der Waals surface area contributed by atoms with E-state index in [1.54, 1.807) is 6.07 Å². The van der Waals surface area contributed by atoms with E-state index in [-0.39, 0.29) is 5.82 Å². The van der Waals surface area contributed by atoms with Crippen molar-refractivity contribution in [2.45, 2.75) is 46.6 Å². The van der Waals surface area contributed by atoms with Crippen LogP contribution >= 0.6 is 0 Å². The zero-order valence-corrected chi connectivity index (χ0v) is 13.0. The van der Waals surface area contributed by atoms with Crippen LogP contribution in [0, 0.1) is 11.2 Å². The van der Waals surface area contributed by atoms with Crippen molar-refractivity contribution in [3.8, 4) is 0 Å². The Hall–Kier alpha value is -1.09. The van der Waals surface area contributed by atoms with Crippen LogP contribution in [-0.2, 0) is 6.54 Å². The van der Waals surface area contributed by atoms with Crippen molar-refractivity contribution in [3.63, 3.8) is 0 Å². The summed E-state index contributed by atoms with van der Waals surface area (Å²) in [5, 5.41) is 3.25. The predicted octanol–water partition coefficient (Wildman–Crippen LogP) is 3.95. The van der Waals surface area contributed by atoms with Crippen molar-refractivity contribution in [3.05, 3.63) is 29.6 Å². The highest BCUT2D eigenvalue weighted by Gasteiger charge is 2.35. The van der Waals surface area contributed by atoms with Gasteiger partial charge in [-0.25, -0.2) is 4.39 Å². The van der Waals surface area contributed by atoms with Gasteiger partial charge in [0, 0.05) is 30.9 Å². The number of nitrogens with one attached hydrogen (secondary N) is 1. The summed E-state index contributed by atoms with van der Waals surface area (Å²) >= 11 is 0. The lowest BCUT2D eigenvalue weighted by molar-refractivity contribution is 0.301. The molecule has 20 heavy (non-hydrogen) atoms. The lowest BCUT2D eigenvalue weighted by Gasteiger charge is -2.28. The monoisotopic (exact) mass is 278 g/mol. The van der Waals surface area contributed by atoms with E-state index in [4.69, 9.17) is 0 Å². The molecule has 112 valence electrons. The minimum absolute atomic E-state index is 0.0889. The van der Waals surface area contributed by atoms with E-state index < -0.39 is 0 Å². The Morgan fingerprint density at radius 3 is 2.60 bits per heavy atom. The van der Waals surface area contributed by atoms with Gasteiger partial charge in [-0.15, -0.1) is 0 Å². The Kier molecular flexibility index (Phi) is 5.03. The summed E-state index contributed by atoms with van der Waals surface area (Å²) in [6, 6.07) is 5.47. The van der Waals surface area contributed by atoms with E-state index in [9.17, 15) is 4.39 Å². The van der Waals surface area contributed by atoms with Crippen molar-refractivity contribution < 1.29 is 4.39 Å². The Labute approximate surface area is 122 Å². The second kappa shape index (κ2) is 6.57. The Balaban J connectivity index is 2.23. The van der Waals surface area contributed by atoms with E-state index in [1.807, 2.05) is 6.07 Å². The molecular formula is C17H27FN2. The van der Waals surface area contributed by atoms with E-state index in [1.165, 1.54) is 19.3 Å². The first-order valence-electron chi connectivity index (χ1n) is 7.89. The third-order valence-electron chi connectivity index (χ3n) is 4.92. The van der Waals surface area contributed by atoms with Gasteiger partial charge in [0.15, 0.2) is 0 Å². The van der Waals surface area contributed by atoms with Gasteiger partial charge in [-0.3, -0.25) is 0 Å². The number of hydrogen-bond acceptors (Lipinski definition) is 2. The van der Waals surface area contributed by atoms with Gasteiger partial charge >= 0.3 is 0 Å². The molecule has 0 saturated carbocycles. The molecule has 1 aliphatic rings. The van der Waals surface area contributed by atoms with Crippen LogP contribution < -0.4 is 10.2 Å². The molecule has 2 nitrogen and oxygen atoms in total. The Morgan fingerprint density at radius 2 is 2.00 bits per heavy atom. The van der Waals surface area contributed by atoms with Crippen molar-refractivity contribution in [1.29, 1.82) is 0 Å². The molecule has 1 aliphatic heterocycles. The van der Waals surface area contributed by atoms with Gasteiger partial charge in [0.1, 0.15) is 5.82 Å². The third-order valence-corrected chi connectivity index (χ3v) is 4.92. The van der Waals surface area contributed by atoms with Crippen LogP contribution in [0.25, 0.3) is 0 Å². The molecule has 1 aromatic rings. The Morgan fingerprint density at radius 1 is 1.25 bits per heavy atom. The molecule has 0 spiro atoms. The molecular weight excluding hydrogens is 251 g/mol. The average molecular weight is 278 g/mol. The largest absolute Gasteiger partial charge is 0.371 e. The number of halogens is 1. The minimum atomic E-state index is -0.0889. The summed E-state index contributed by atoms with van der Waals surface area (Å²) in [7, 11) is 0. The fourth-order valence-electron chi connectivity index (χ4n) is 3.24. The maximum atomic E-state index is 14.1. The van der Waals surface area contributed by atoms with E-state index >= 15 is 0 Å². The SMILES string of the molecule is CCNCc1c(F)cccc1N1CCC(CC)(CC)C1. The fraction of sp³-hybridized carbons (Fsp3) is 0.647. The molecule has 1 N–H and O–H groups in total. The van der Waals surface area contributed by atoms with Gasteiger partial charge in [-0.2, -0.15) is 0 Å². The van der Waals surface area contributed by atoms with Crippen LogP contribution in [0.3, 0.4) is 0 Å². The zero-order chi connectivity index (χ0) is 14.6. The van der Waals surface area contributed by atoms with E-state index in [0.717, 1.165) is 30.9 Å². The molecule has 1 saturated heterocycles. The first-order valence-corrected chi connectivity index (χ1v) is 7.89. The van der Waals surface area contributed by atoms with Crippen LogP contribution in [0.4, 0.5) is 10.1 Å². The molecule has 2 rings (SSSR count). The van der Waals surface area contributed by atoms with Crippen LogP contribution in [0.2, 0.25) is 0 Å². The molecule has 0 atom stereocenters. The second-order valence-electron chi connectivity index (χ2n) is 5.90. The van der Waals surface area contributed by atoms with Gasteiger partial charge < -0.3 is 10.2 Å². The standard InChI is InChI=1S/C17H27FN2/c1-4-17(5-2)10-11-20(13-17)16-9-7-8-15(18)14(16)12-19-6-3/h7-9,19H,4-6,10-13H2,1-3H3. The number of benzene rings is 1. The highest BCUT2D eigenvalue weighted by molar-refractivity contribution is 5.55. The molecule has 1 heterocycles. The number of anilines is 1. The quantitative estimate of drug-likeness (QED) is 0.847. The third kappa shape index (κ3) is 2.98. The van der Waals surface area contributed by atoms with Gasteiger partial charge in [0.05, 0.1) is 0 Å². The maximum Gasteiger partial charge on any atom is 0.129 e. The molecule has 1 aromatic carbocycles. The molecule has 0 bridgehead atoms. The lowest BCUT2D eigenvalue weighted by atomic mass is 9.82. The summed E-state index contributed by atoms with van der Waals surface area (Å²) in [4.78, 5) is 2.38.